The highest BCUT2D eigenvalue weighted by molar-refractivity contribution is 5.76. The summed E-state index contributed by atoms with van der Waals surface area (Å²) in [4.78, 5) is 24.3. The number of aliphatic hydroxyl groups excluding tert-OH is 10. The molecule has 0 aromatic carbocycles. The summed E-state index contributed by atoms with van der Waals surface area (Å²) < 4.78 is 27.0. The zero-order valence-corrected chi connectivity index (χ0v) is 22.8. The molecule has 0 radical (unpaired) electrons. The van der Waals surface area contributed by atoms with Crippen molar-refractivity contribution in [3.63, 3.8) is 0 Å². The monoisotopic (exact) mass is 632 g/mol. The standard InChI is InChI=1S/C23H40N2O18/c1-6(29)25-12-7(30)2-23(22(37)38,42-18(12)13(32)8(31)3-26)43-19-15(34)10(5-28)40-21(16(19)35)41-17-11(24)20(36)39-9(4-27)14(17)33/h7-21,26-28,30-36H,2-5,24H2,1H3,(H,25,29)(H,37,38)/t7-,8+,9+,10+,11+,12+,13+,14+,15-,16+,17+,18+,19-,20+,21-,23-/m0/s1. The predicted octanol–water partition coefficient (Wildman–Crippen LogP) is -8.26. The van der Waals surface area contributed by atoms with Gasteiger partial charge in [-0.15, -0.1) is 0 Å². The molecule has 3 heterocycles. The van der Waals surface area contributed by atoms with E-state index in [4.69, 9.17) is 29.4 Å². The van der Waals surface area contributed by atoms with Crippen LogP contribution in [0.2, 0.25) is 0 Å². The highest BCUT2D eigenvalue weighted by Gasteiger charge is 2.60. The molecule has 0 saturated carbocycles. The zero-order valence-electron chi connectivity index (χ0n) is 22.8. The first-order valence-corrected chi connectivity index (χ1v) is 13.3. The van der Waals surface area contributed by atoms with Crippen LogP contribution in [-0.2, 0) is 33.3 Å². The third-order valence-electron chi connectivity index (χ3n) is 7.55. The van der Waals surface area contributed by atoms with Crippen LogP contribution in [0.3, 0.4) is 0 Å². The van der Waals surface area contributed by atoms with Gasteiger partial charge in [-0.05, 0) is 0 Å². The zero-order chi connectivity index (χ0) is 32.4. The molecule has 20 nitrogen and oxygen atoms in total. The third-order valence-corrected chi connectivity index (χ3v) is 7.55. The molecular weight excluding hydrogens is 592 g/mol. The van der Waals surface area contributed by atoms with Crippen molar-refractivity contribution >= 4 is 11.9 Å². The summed E-state index contributed by atoms with van der Waals surface area (Å²) in [5.41, 5.74) is 5.85. The summed E-state index contributed by atoms with van der Waals surface area (Å²) in [6, 6.07) is -3.00. The predicted molar refractivity (Wildman–Crippen MR) is 132 cm³/mol. The van der Waals surface area contributed by atoms with Crippen LogP contribution in [-0.4, -0.2) is 185 Å². The number of hydrogen-bond donors (Lipinski definition) is 13. The number of carbonyl (C=O) groups excluding carboxylic acids is 1. The summed E-state index contributed by atoms with van der Waals surface area (Å²) in [6.07, 6.45) is -25.0. The largest absolute Gasteiger partial charge is 0.477 e. The number of nitrogens with one attached hydrogen (secondary N) is 1. The summed E-state index contributed by atoms with van der Waals surface area (Å²) in [7, 11) is 0. The average molecular weight is 633 g/mol. The molecule has 16 atom stereocenters. The van der Waals surface area contributed by atoms with E-state index in [1.807, 2.05) is 0 Å². The molecule has 43 heavy (non-hydrogen) atoms. The maximum atomic E-state index is 12.6. The number of nitrogens with two attached hydrogens (primary N) is 1. The fraction of sp³-hybridized carbons (Fsp3) is 0.913. The Balaban J connectivity index is 1.94. The number of aliphatic hydroxyl groups is 10. The fourth-order valence-electron chi connectivity index (χ4n) is 5.20. The molecular formula is C23H40N2O18. The van der Waals surface area contributed by atoms with Crippen molar-refractivity contribution in [2.45, 2.75) is 111 Å². The van der Waals surface area contributed by atoms with E-state index in [0.717, 1.165) is 6.92 Å². The molecule has 3 rings (SSSR count). The Bertz CT molecular complexity index is 948. The topological polar surface area (TPSA) is 341 Å². The van der Waals surface area contributed by atoms with Gasteiger partial charge in [0.2, 0.25) is 5.91 Å². The van der Waals surface area contributed by atoms with Crippen molar-refractivity contribution in [1.82, 2.24) is 5.32 Å². The van der Waals surface area contributed by atoms with Gasteiger partial charge in [0, 0.05) is 13.3 Å². The lowest BCUT2D eigenvalue weighted by atomic mass is 9.88. The van der Waals surface area contributed by atoms with Crippen molar-refractivity contribution in [3.05, 3.63) is 0 Å². The van der Waals surface area contributed by atoms with Crippen LogP contribution >= 0.6 is 0 Å². The minimum absolute atomic E-state index is 0.741. The van der Waals surface area contributed by atoms with Crippen molar-refractivity contribution in [2.24, 2.45) is 5.73 Å². The molecule has 0 spiro atoms. The van der Waals surface area contributed by atoms with E-state index in [1.165, 1.54) is 0 Å². The normalized spacial score (nSPS) is 45.3. The highest BCUT2D eigenvalue weighted by Crippen LogP contribution is 2.38. The summed E-state index contributed by atoms with van der Waals surface area (Å²) in [6.45, 7) is -1.72. The number of amides is 1. The van der Waals surface area contributed by atoms with Gasteiger partial charge in [-0.2, -0.15) is 0 Å². The number of carboxylic acids is 1. The number of ether oxygens (including phenoxy) is 5. The van der Waals surface area contributed by atoms with Crippen LogP contribution in [0.5, 0.6) is 0 Å². The molecule has 3 aliphatic heterocycles. The molecule has 3 aliphatic rings. The first kappa shape index (κ1) is 35.8. The van der Waals surface area contributed by atoms with Crippen LogP contribution in [0.1, 0.15) is 13.3 Å². The van der Waals surface area contributed by atoms with E-state index >= 15 is 0 Å². The van der Waals surface area contributed by atoms with E-state index in [0.29, 0.717) is 0 Å². The Labute approximate surface area is 243 Å². The van der Waals surface area contributed by atoms with Gasteiger partial charge in [-0.25, -0.2) is 4.79 Å². The second-order valence-electron chi connectivity index (χ2n) is 10.6. The van der Waals surface area contributed by atoms with E-state index in [9.17, 15) is 65.8 Å². The first-order valence-electron chi connectivity index (χ1n) is 13.3. The average Bonchev–Trinajstić information content (AvgIpc) is 2.96. The smallest absolute Gasteiger partial charge is 0.364 e. The van der Waals surface area contributed by atoms with Gasteiger partial charge in [0.05, 0.1) is 38.0 Å². The van der Waals surface area contributed by atoms with Crippen molar-refractivity contribution in [2.75, 3.05) is 19.8 Å². The molecule has 1 amide bonds. The van der Waals surface area contributed by atoms with Crippen molar-refractivity contribution in [3.8, 4) is 0 Å². The molecule has 0 aliphatic carbocycles. The van der Waals surface area contributed by atoms with Crippen molar-refractivity contribution in [1.29, 1.82) is 0 Å². The Morgan fingerprint density at radius 2 is 1.56 bits per heavy atom. The van der Waals surface area contributed by atoms with Gasteiger partial charge in [0.15, 0.2) is 12.6 Å². The number of rotatable bonds is 11. The number of hydrogen-bond acceptors (Lipinski definition) is 18. The summed E-state index contributed by atoms with van der Waals surface area (Å²) in [5.74, 6) is -5.70. The molecule has 3 fully saturated rings. The highest BCUT2D eigenvalue weighted by atomic mass is 16.8. The quantitative estimate of drug-likeness (QED) is 0.100. The molecule has 0 aromatic rings. The van der Waals surface area contributed by atoms with Gasteiger partial charge in [-0.1, -0.05) is 0 Å². The lowest BCUT2D eigenvalue weighted by Gasteiger charge is -2.50. The van der Waals surface area contributed by atoms with Gasteiger partial charge >= 0.3 is 5.97 Å². The first-order chi connectivity index (χ1) is 20.1. The van der Waals surface area contributed by atoms with E-state index in [-0.39, 0.29) is 0 Å². The lowest BCUT2D eigenvalue weighted by molar-refractivity contribution is -0.380. The van der Waals surface area contributed by atoms with E-state index < -0.39 is 136 Å². The van der Waals surface area contributed by atoms with Crippen LogP contribution < -0.4 is 11.1 Å². The Morgan fingerprint density at radius 1 is 0.977 bits per heavy atom. The minimum atomic E-state index is -3.00. The van der Waals surface area contributed by atoms with Crippen LogP contribution in [0.25, 0.3) is 0 Å². The Hall–Kier alpha value is -1.70. The van der Waals surface area contributed by atoms with Crippen LogP contribution in [0.4, 0.5) is 0 Å². The second kappa shape index (κ2) is 14.6. The minimum Gasteiger partial charge on any atom is -0.477 e. The van der Waals surface area contributed by atoms with Gasteiger partial charge in [-0.3, -0.25) is 4.79 Å². The van der Waals surface area contributed by atoms with Gasteiger partial charge in [0.1, 0.15) is 61.0 Å². The van der Waals surface area contributed by atoms with E-state index in [2.05, 4.69) is 5.32 Å². The van der Waals surface area contributed by atoms with Crippen LogP contribution in [0, 0.1) is 0 Å². The number of aliphatic carboxylic acids is 1. The summed E-state index contributed by atoms with van der Waals surface area (Å²) in [5, 5.41) is 115. The molecule has 0 unspecified atom stereocenters. The molecule has 3 saturated heterocycles. The molecule has 20 heteroatoms. The molecule has 14 N–H and O–H groups in total. The SMILES string of the molecule is CC(=O)N[C@H]1[C@H]([C@H](O)[C@H](O)CO)O[C@@](O[C@H]2[C@@H](O)[C@@H](CO)O[C@@H](O[C@@H]3[C@@H](N)[C@H](O)O[C@H](CO)[C@H]3O)[C@@H]2O)(C(=O)O)C[C@@H]1O. The molecule has 0 bridgehead atoms. The number of carbonyl (C=O) groups is 2. The maximum absolute atomic E-state index is 12.6. The number of carboxylic acid groups (broad SMARTS) is 1. The third kappa shape index (κ3) is 7.41. The molecule has 0 aromatic heterocycles. The maximum Gasteiger partial charge on any atom is 0.364 e. The molecule has 250 valence electrons. The van der Waals surface area contributed by atoms with Gasteiger partial charge < -0.3 is 90.9 Å². The lowest BCUT2D eigenvalue weighted by Crippen LogP contribution is -2.71. The fourth-order valence-corrected chi connectivity index (χ4v) is 5.20. The van der Waals surface area contributed by atoms with Gasteiger partial charge in [0.25, 0.3) is 5.79 Å². The summed E-state index contributed by atoms with van der Waals surface area (Å²) >= 11 is 0. The second-order valence-corrected chi connectivity index (χ2v) is 10.6. The Morgan fingerprint density at radius 3 is 2.09 bits per heavy atom. The Kier molecular flexibility index (Phi) is 12.1. The van der Waals surface area contributed by atoms with Crippen LogP contribution in [0.15, 0.2) is 0 Å². The van der Waals surface area contributed by atoms with E-state index in [1.54, 1.807) is 0 Å². The van der Waals surface area contributed by atoms with Crippen molar-refractivity contribution < 1.29 is 89.4 Å².